The number of carboxylic acids is 1. The first-order valence-electron chi connectivity index (χ1n) is 7.01. The molecule has 0 aliphatic heterocycles. The Kier molecular flexibility index (Phi) is 7.28. The van der Waals surface area contributed by atoms with Gasteiger partial charge in [-0.2, -0.15) is 0 Å². The highest BCUT2D eigenvalue weighted by Crippen LogP contribution is 2.21. The molecule has 2 atom stereocenters. The molecule has 1 aromatic carbocycles. The minimum atomic E-state index is -2.20. The van der Waals surface area contributed by atoms with Crippen molar-refractivity contribution in [1.82, 2.24) is 0 Å². The van der Waals surface area contributed by atoms with Gasteiger partial charge in [0.05, 0.1) is 6.10 Å². The molecule has 128 valence electrons. The third-order valence-electron chi connectivity index (χ3n) is 2.90. The lowest BCUT2D eigenvalue weighted by atomic mass is 10.1. The quantitative estimate of drug-likeness (QED) is 0.603. The fourth-order valence-electron chi connectivity index (χ4n) is 1.86. The lowest BCUT2D eigenvalue weighted by Gasteiger charge is -2.25. The molecule has 0 saturated carbocycles. The van der Waals surface area contributed by atoms with Crippen LogP contribution in [0.4, 0.5) is 5.69 Å². The van der Waals surface area contributed by atoms with Crippen LogP contribution in [-0.2, 0) is 9.59 Å². The van der Waals surface area contributed by atoms with Crippen LogP contribution in [0.1, 0.15) is 13.8 Å². The van der Waals surface area contributed by atoms with Crippen molar-refractivity contribution >= 4 is 29.2 Å². The highest BCUT2D eigenvalue weighted by Gasteiger charge is 2.33. The molecule has 0 aliphatic rings. The van der Waals surface area contributed by atoms with Crippen LogP contribution in [0.15, 0.2) is 24.3 Å². The Morgan fingerprint density at radius 3 is 2.17 bits per heavy atom. The van der Waals surface area contributed by atoms with Gasteiger partial charge in [0.1, 0.15) is 5.75 Å². The smallest absolute Gasteiger partial charge is 0.335 e. The number of ether oxygens (including phenoxy) is 1. The number of anilines is 1. The summed E-state index contributed by atoms with van der Waals surface area (Å²) in [6, 6.07) is 6.46. The molecule has 0 unspecified atom stereocenters. The number of carboxylic acid groups (broad SMARTS) is 1. The Labute approximate surface area is 139 Å². The van der Waals surface area contributed by atoms with E-state index in [0.717, 1.165) is 4.90 Å². The summed E-state index contributed by atoms with van der Waals surface area (Å²) in [6.45, 7) is 3.80. The van der Waals surface area contributed by atoms with Crippen molar-refractivity contribution in [2.45, 2.75) is 32.2 Å². The highest BCUT2D eigenvalue weighted by molar-refractivity contribution is 6.18. The van der Waals surface area contributed by atoms with E-state index in [2.05, 4.69) is 0 Å². The molecule has 7 nitrogen and oxygen atoms in total. The molecule has 0 saturated heterocycles. The Morgan fingerprint density at radius 2 is 1.74 bits per heavy atom. The van der Waals surface area contributed by atoms with Crippen LogP contribution in [0.2, 0.25) is 0 Å². The van der Waals surface area contributed by atoms with E-state index in [1.165, 1.54) is 0 Å². The van der Waals surface area contributed by atoms with Gasteiger partial charge < -0.3 is 25.0 Å². The summed E-state index contributed by atoms with van der Waals surface area (Å²) >= 11 is 5.66. The lowest BCUT2D eigenvalue weighted by Crippen LogP contribution is -2.48. The number of aliphatic hydroxyl groups excluding tert-OH is 2. The number of rotatable bonds is 8. The standard InChI is InChI=1S/C15H20ClNO6/c1-9(2)23-11-5-3-10(4-6-11)17(8-7-16)14(20)12(18)13(19)15(21)22/h3-6,9,12-13,18-19H,7-8H2,1-2H3,(H,21,22)/t12-,13-/m1/s1. The van der Waals surface area contributed by atoms with Crippen LogP contribution in [0.25, 0.3) is 0 Å². The first-order valence-corrected chi connectivity index (χ1v) is 7.54. The van der Waals surface area contributed by atoms with Gasteiger partial charge in [0.15, 0.2) is 12.2 Å². The van der Waals surface area contributed by atoms with Gasteiger partial charge in [-0.15, -0.1) is 11.6 Å². The summed E-state index contributed by atoms with van der Waals surface area (Å²) in [7, 11) is 0. The number of carbonyl (C=O) groups excluding carboxylic acids is 1. The van der Waals surface area contributed by atoms with Crippen molar-refractivity contribution < 1.29 is 29.6 Å². The minimum Gasteiger partial charge on any atom is -0.491 e. The molecule has 0 heterocycles. The zero-order valence-corrected chi connectivity index (χ0v) is 13.6. The third-order valence-corrected chi connectivity index (χ3v) is 3.07. The van der Waals surface area contributed by atoms with Gasteiger partial charge in [-0.1, -0.05) is 0 Å². The minimum absolute atomic E-state index is 0.00559. The molecule has 0 bridgehead atoms. The van der Waals surface area contributed by atoms with Crippen LogP contribution in [-0.4, -0.2) is 57.9 Å². The Balaban J connectivity index is 2.97. The van der Waals surface area contributed by atoms with Crippen LogP contribution in [0.3, 0.4) is 0 Å². The maximum absolute atomic E-state index is 12.2. The molecule has 0 aliphatic carbocycles. The first-order chi connectivity index (χ1) is 10.8. The van der Waals surface area contributed by atoms with Gasteiger partial charge in [-0.3, -0.25) is 4.79 Å². The van der Waals surface area contributed by atoms with Crippen LogP contribution >= 0.6 is 11.6 Å². The van der Waals surface area contributed by atoms with E-state index in [9.17, 15) is 19.8 Å². The highest BCUT2D eigenvalue weighted by atomic mass is 35.5. The number of nitrogens with zero attached hydrogens (tertiary/aromatic N) is 1. The third kappa shape index (κ3) is 5.38. The van der Waals surface area contributed by atoms with E-state index >= 15 is 0 Å². The SMILES string of the molecule is CC(C)Oc1ccc(N(CCCl)C(=O)[C@H](O)[C@@H](O)C(=O)O)cc1. The number of aliphatic hydroxyl groups is 2. The molecular weight excluding hydrogens is 326 g/mol. The van der Waals surface area contributed by atoms with Crippen LogP contribution in [0, 0.1) is 0 Å². The second-order valence-corrected chi connectivity index (χ2v) is 5.45. The molecule has 0 radical (unpaired) electrons. The number of hydrogen-bond acceptors (Lipinski definition) is 5. The molecule has 23 heavy (non-hydrogen) atoms. The number of alkyl halides is 1. The second kappa shape index (κ2) is 8.71. The summed E-state index contributed by atoms with van der Waals surface area (Å²) in [6.07, 6.45) is -4.29. The van der Waals surface area contributed by atoms with Gasteiger partial charge >= 0.3 is 5.97 Å². The molecular formula is C15H20ClNO6. The van der Waals surface area contributed by atoms with E-state index in [0.29, 0.717) is 11.4 Å². The molecule has 8 heteroatoms. The van der Waals surface area contributed by atoms with Gasteiger partial charge in [0, 0.05) is 18.1 Å². The van der Waals surface area contributed by atoms with Crippen LogP contribution < -0.4 is 9.64 Å². The maximum Gasteiger partial charge on any atom is 0.335 e. The zero-order chi connectivity index (χ0) is 17.6. The normalized spacial score (nSPS) is 13.5. The van der Waals surface area contributed by atoms with Gasteiger partial charge in [0.25, 0.3) is 5.91 Å². The average Bonchev–Trinajstić information content (AvgIpc) is 2.50. The summed E-state index contributed by atoms with van der Waals surface area (Å²) < 4.78 is 5.49. The monoisotopic (exact) mass is 345 g/mol. The molecule has 3 N–H and O–H groups in total. The lowest BCUT2D eigenvalue weighted by molar-refractivity contribution is -0.157. The van der Waals surface area contributed by atoms with Crippen molar-refractivity contribution in [2.75, 3.05) is 17.3 Å². The molecule has 0 aromatic heterocycles. The van der Waals surface area contributed by atoms with E-state index in [-0.39, 0.29) is 18.5 Å². The number of hydrogen-bond donors (Lipinski definition) is 3. The zero-order valence-electron chi connectivity index (χ0n) is 12.8. The van der Waals surface area contributed by atoms with Gasteiger partial charge in [-0.25, -0.2) is 4.79 Å². The summed E-state index contributed by atoms with van der Waals surface area (Å²) in [5, 5.41) is 27.7. The average molecular weight is 346 g/mol. The predicted octanol–water partition coefficient (Wildman–Crippen LogP) is 0.852. The van der Waals surface area contributed by atoms with E-state index in [4.69, 9.17) is 21.4 Å². The van der Waals surface area contributed by atoms with E-state index in [1.807, 2.05) is 13.8 Å². The maximum atomic E-state index is 12.2. The van der Waals surface area contributed by atoms with E-state index < -0.39 is 24.1 Å². The molecule has 0 fully saturated rings. The van der Waals surface area contributed by atoms with Gasteiger partial charge in [-0.05, 0) is 38.1 Å². The van der Waals surface area contributed by atoms with Crippen molar-refractivity contribution in [3.8, 4) is 5.75 Å². The fourth-order valence-corrected chi connectivity index (χ4v) is 2.03. The Hall–Kier alpha value is -1.83. The van der Waals surface area contributed by atoms with Crippen LogP contribution in [0.5, 0.6) is 5.75 Å². The largest absolute Gasteiger partial charge is 0.491 e. The number of benzene rings is 1. The Morgan fingerprint density at radius 1 is 1.17 bits per heavy atom. The number of aliphatic carboxylic acids is 1. The predicted molar refractivity (Wildman–Crippen MR) is 84.9 cm³/mol. The topological polar surface area (TPSA) is 107 Å². The molecule has 1 amide bonds. The number of halogens is 1. The Bertz CT molecular complexity index is 533. The molecule has 0 spiro atoms. The number of amides is 1. The first kappa shape index (κ1) is 19.2. The molecule has 1 aromatic rings. The summed E-state index contributed by atoms with van der Waals surface area (Å²) in [4.78, 5) is 24.0. The van der Waals surface area contributed by atoms with Crippen molar-refractivity contribution in [3.63, 3.8) is 0 Å². The molecule has 1 rings (SSSR count). The fraction of sp³-hybridized carbons (Fsp3) is 0.467. The van der Waals surface area contributed by atoms with Gasteiger partial charge in [0.2, 0.25) is 0 Å². The van der Waals surface area contributed by atoms with Crippen molar-refractivity contribution in [1.29, 1.82) is 0 Å². The van der Waals surface area contributed by atoms with Crippen molar-refractivity contribution in [2.24, 2.45) is 0 Å². The second-order valence-electron chi connectivity index (χ2n) is 5.07. The summed E-state index contributed by atoms with van der Waals surface area (Å²) in [5.41, 5.74) is 0.406. The van der Waals surface area contributed by atoms with E-state index in [1.54, 1.807) is 24.3 Å². The number of carbonyl (C=O) groups is 2. The van der Waals surface area contributed by atoms with Crippen molar-refractivity contribution in [3.05, 3.63) is 24.3 Å². The summed E-state index contributed by atoms with van der Waals surface area (Å²) in [5.74, 6) is -1.95.